The lowest BCUT2D eigenvalue weighted by molar-refractivity contribution is 0.0391. The Morgan fingerprint density at radius 2 is 1.11 bits per heavy atom. The van der Waals surface area contributed by atoms with Crippen molar-refractivity contribution < 1.29 is 4.74 Å². The van der Waals surface area contributed by atoms with E-state index in [0.29, 0.717) is 0 Å². The van der Waals surface area contributed by atoms with E-state index >= 15 is 0 Å². The van der Waals surface area contributed by atoms with E-state index in [-0.39, 0.29) is 0 Å². The fourth-order valence-corrected chi connectivity index (χ4v) is 2.47. The van der Waals surface area contributed by atoms with Gasteiger partial charge in [-0.15, -0.1) is 0 Å². The van der Waals surface area contributed by atoms with E-state index in [9.17, 15) is 0 Å². The quantitative estimate of drug-likeness (QED) is 0.729. The smallest absolute Gasteiger partial charge is 0.115 e. The normalized spacial score (nSPS) is 11.6. The van der Waals surface area contributed by atoms with Crippen LogP contribution >= 0.6 is 31.9 Å². The topological polar surface area (TPSA) is 9.23 Å². The van der Waals surface area contributed by atoms with Crippen LogP contribution in [0, 0.1) is 0 Å². The molecule has 0 heterocycles. The molecule has 1 nitrogen and oxygen atoms in total. The molecular weight excluding hydrogens is 356 g/mol. The minimum absolute atomic E-state index is 0.429. The number of rotatable bonds is 3. The maximum absolute atomic E-state index is 5.76. The summed E-state index contributed by atoms with van der Waals surface area (Å²) in [7, 11) is 1.74. The number of hydrogen-bond acceptors (Lipinski definition) is 1. The van der Waals surface area contributed by atoms with E-state index < -0.39 is 5.60 Å². The molecule has 0 saturated heterocycles. The standard InChI is InChI=1S/C15H14Br2O/c1-15(18-2,11-3-7-13(16)8-4-11)12-5-9-14(17)10-6-12/h3-10H,1-2H3. The lowest BCUT2D eigenvalue weighted by Gasteiger charge is -2.29. The third-order valence-electron chi connectivity index (χ3n) is 3.20. The summed E-state index contributed by atoms with van der Waals surface area (Å²) in [5, 5.41) is 0. The van der Waals surface area contributed by atoms with E-state index in [0.717, 1.165) is 20.1 Å². The maximum atomic E-state index is 5.76. The molecule has 2 rings (SSSR count). The van der Waals surface area contributed by atoms with Gasteiger partial charge in [0.15, 0.2) is 0 Å². The number of benzene rings is 2. The van der Waals surface area contributed by atoms with Gasteiger partial charge in [-0.25, -0.2) is 0 Å². The van der Waals surface area contributed by atoms with Gasteiger partial charge in [-0.1, -0.05) is 56.1 Å². The molecule has 0 bridgehead atoms. The summed E-state index contributed by atoms with van der Waals surface area (Å²) in [6.45, 7) is 2.08. The van der Waals surface area contributed by atoms with Crippen LogP contribution in [0.3, 0.4) is 0 Å². The summed E-state index contributed by atoms with van der Waals surface area (Å²) in [5.41, 5.74) is 1.84. The summed E-state index contributed by atoms with van der Waals surface area (Å²) in [6, 6.07) is 16.4. The lowest BCUT2D eigenvalue weighted by atomic mass is 9.88. The molecule has 0 aliphatic rings. The minimum Gasteiger partial charge on any atom is -0.369 e. The lowest BCUT2D eigenvalue weighted by Crippen LogP contribution is -2.25. The fourth-order valence-electron chi connectivity index (χ4n) is 1.94. The van der Waals surface area contributed by atoms with Gasteiger partial charge < -0.3 is 4.74 Å². The van der Waals surface area contributed by atoms with Gasteiger partial charge in [-0.05, 0) is 42.3 Å². The number of halogens is 2. The van der Waals surface area contributed by atoms with Crippen LogP contribution in [-0.4, -0.2) is 7.11 Å². The van der Waals surface area contributed by atoms with Gasteiger partial charge in [0.25, 0.3) is 0 Å². The molecule has 0 atom stereocenters. The highest BCUT2D eigenvalue weighted by atomic mass is 79.9. The first-order chi connectivity index (χ1) is 8.56. The van der Waals surface area contributed by atoms with Crippen LogP contribution in [0.2, 0.25) is 0 Å². The van der Waals surface area contributed by atoms with Crippen LogP contribution < -0.4 is 0 Å². The maximum Gasteiger partial charge on any atom is 0.115 e. The predicted octanol–water partition coefficient (Wildman–Crippen LogP) is 5.12. The summed E-state index contributed by atoms with van der Waals surface area (Å²) < 4.78 is 7.90. The Balaban J connectivity index is 2.47. The van der Waals surface area contributed by atoms with E-state index in [2.05, 4.69) is 63.0 Å². The summed E-state index contributed by atoms with van der Waals surface area (Å²) >= 11 is 6.91. The van der Waals surface area contributed by atoms with Crippen molar-refractivity contribution in [3.8, 4) is 0 Å². The molecule has 0 saturated carbocycles. The Labute approximate surface area is 124 Å². The van der Waals surface area contributed by atoms with E-state index in [1.54, 1.807) is 7.11 Å². The molecule has 0 unspecified atom stereocenters. The highest BCUT2D eigenvalue weighted by Crippen LogP contribution is 2.33. The summed E-state index contributed by atoms with van der Waals surface area (Å²) in [5.74, 6) is 0. The van der Waals surface area contributed by atoms with Crippen molar-refractivity contribution in [1.82, 2.24) is 0 Å². The Hall–Kier alpha value is -0.640. The second kappa shape index (κ2) is 5.55. The Morgan fingerprint density at radius 3 is 1.39 bits per heavy atom. The van der Waals surface area contributed by atoms with Gasteiger partial charge in [-0.3, -0.25) is 0 Å². The molecule has 0 aromatic heterocycles. The molecule has 0 aliphatic heterocycles. The number of methoxy groups -OCH3 is 1. The van der Waals surface area contributed by atoms with Gasteiger partial charge in [0, 0.05) is 16.1 Å². The van der Waals surface area contributed by atoms with Gasteiger partial charge >= 0.3 is 0 Å². The third-order valence-corrected chi connectivity index (χ3v) is 4.26. The van der Waals surface area contributed by atoms with Crippen LogP contribution in [0.25, 0.3) is 0 Å². The molecule has 0 amide bonds. The van der Waals surface area contributed by atoms with Crippen LogP contribution in [0.4, 0.5) is 0 Å². The van der Waals surface area contributed by atoms with Crippen molar-refractivity contribution >= 4 is 31.9 Å². The first kappa shape index (κ1) is 13.8. The third kappa shape index (κ3) is 2.68. The second-order valence-electron chi connectivity index (χ2n) is 4.25. The fraction of sp³-hybridized carbons (Fsp3) is 0.200. The summed E-state index contributed by atoms with van der Waals surface area (Å²) in [4.78, 5) is 0. The Bertz CT molecular complexity index is 472. The zero-order valence-electron chi connectivity index (χ0n) is 10.3. The van der Waals surface area contributed by atoms with E-state index in [4.69, 9.17) is 4.74 Å². The van der Waals surface area contributed by atoms with Gasteiger partial charge in [0.1, 0.15) is 5.60 Å². The predicted molar refractivity (Wildman–Crippen MR) is 81.7 cm³/mol. The zero-order valence-corrected chi connectivity index (χ0v) is 13.5. The molecule has 94 valence electrons. The van der Waals surface area contributed by atoms with Crippen molar-refractivity contribution in [2.75, 3.05) is 7.11 Å². The van der Waals surface area contributed by atoms with E-state index in [1.165, 1.54) is 0 Å². The summed E-state index contributed by atoms with van der Waals surface area (Å²) in [6.07, 6.45) is 0. The zero-order chi connectivity index (χ0) is 13.2. The average molecular weight is 370 g/mol. The van der Waals surface area contributed by atoms with Crippen molar-refractivity contribution in [1.29, 1.82) is 0 Å². The SMILES string of the molecule is COC(C)(c1ccc(Br)cc1)c1ccc(Br)cc1. The number of ether oxygens (including phenoxy) is 1. The highest BCUT2D eigenvalue weighted by Gasteiger charge is 2.28. The second-order valence-corrected chi connectivity index (χ2v) is 6.08. The van der Waals surface area contributed by atoms with Gasteiger partial charge in [0.05, 0.1) is 0 Å². The van der Waals surface area contributed by atoms with Gasteiger partial charge in [0.2, 0.25) is 0 Å². The Kier molecular flexibility index (Phi) is 4.25. The molecular formula is C15H14Br2O. The molecule has 18 heavy (non-hydrogen) atoms. The average Bonchev–Trinajstić information content (AvgIpc) is 2.39. The van der Waals surface area contributed by atoms with Crippen molar-refractivity contribution in [2.45, 2.75) is 12.5 Å². The van der Waals surface area contributed by atoms with Crippen molar-refractivity contribution in [3.05, 3.63) is 68.6 Å². The monoisotopic (exact) mass is 368 g/mol. The largest absolute Gasteiger partial charge is 0.369 e. The first-order valence-corrected chi connectivity index (χ1v) is 7.22. The van der Waals surface area contributed by atoms with Crippen LogP contribution in [0.15, 0.2) is 57.5 Å². The molecule has 0 spiro atoms. The van der Waals surface area contributed by atoms with Crippen LogP contribution in [0.5, 0.6) is 0 Å². The highest BCUT2D eigenvalue weighted by molar-refractivity contribution is 9.10. The van der Waals surface area contributed by atoms with E-state index in [1.807, 2.05) is 24.3 Å². The van der Waals surface area contributed by atoms with Crippen LogP contribution in [-0.2, 0) is 10.3 Å². The molecule has 2 aromatic rings. The molecule has 0 radical (unpaired) electrons. The molecule has 3 heteroatoms. The number of hydrogen-bond donors (Lipinski definition) is 0. The molecule has 0 fully saturated rings. The molecule has 0 aliphatic carbocycles. The van der Waals surface area contributed by atoms with Gasteiger partial charge in [-0.2, -0.15) is 0 Å². The minimum atomic E-state index is -0.429. The van der Waals surface area contributed by atoms with Crippen molar-refractivity contribution in [2.24, 2.45) is 0 Å². The van der Waals surface area contributed by atoms with Crippen molar-refractivity contribution in [3.63, 3.8) is 0 Å². The first-order valence-electron chi connectivity index (χ1n) is 5.63. The molecule has 2 aromatic carbocycles. The van der Waals surface area contributed by atoms with Crippen LogP contribution in [0.1, 0.15) is 18.1 Å². The molecule has 0 N–H and O–H groups in total. The Morgan fingerprint density at radius 1 is 0.778 bits per heavy atom.